The van der Waals surface area contributed by atoms with Crippen LogP contribution in [0.2, 0.25) is 0 Å². The Hall–Kier alpha value is -1.07. The standard InChI is InChI=1S/C16H27NO3S/c1-4-12-17-15(10-8-13-21(3,18)19)14-9-6-7-11-16(14)20-5-2/h6-7,9,11,15,17H,4-5,8,10,12-13H2,1-3H3. The molecule has 0 radical (unpaired) electrons. The minimum Gasteiger partial charge on any atom is -0.494 e. The van der Waals surface area contributed by atoms with Crippen LogP contribution in [-0.4, -0.2) is 33.6 Å². The van der Waals surface area contributed by atoms with E-state index < -0.39 is 9.84 Å². The van der Waals surface area contributed by atoms with Crippen molar-refractivity contribution in [3.05, 3.63) is 29.8 Å². The predicted molar refractivity (Wildman–Crippen MR) is 87.6 cm³/mol. The van der Waals surface area contributed by atoms with E-state index in [1.54, 1.807) is 0 Å². The minimum atomic E-state index is -2.90. The molecule has 0 aliphatic rings. The van der Waals surface area contributed by atoms with Crippen molar-refractivity contribution >= 4 is 9.84 Å². The van der Waals surface area contributed by atoms with Gasteiger partial charge in [0.2, 0.25) is 0 Å². The van der Waals surface area contributed by atoms with E-state index in [9.17, 15) is 8.42 Å². The summed E-state index contributed by atoms with van der Waals surface area (Å²) >= 11 is 0. The van der Waals surface area contributed by atoms with Crippen molar-refractivity contribution in [2.24, 2.45) is 0 Å². The van der Waals surface area contributed by atoms with Crippen molar-refractivity contribution in [2.45, 2.75) is 39.2 Å². The van der Waals surface area contributed by atoms with Crippen LogP contribution in [0.5, 0.6) is 5.75 Å². The molecule has 0 amide bonds. The first-order valence-electron chi connectivity index (χ1n) is 7.60. The van der Waals surface area contributed by atoms with E-state index in [-0.39, 0.29) is 11.8 Å². The molecule has 0 aromatic heterocycles. The highest BCUT2D eigenvalue weighted by atomic mass is 32.2. The van der Waals surface area contributed by atoms with Crippen molar-refractivity contribution in [2.75, 3.05) is 25.2 Å². The summed E-state index contributed by atoms with van der Waals surface area (Å²) < 4.78 is 28.3. The van der Waals surface area contributed by atoms with E-state index in [0.29, 0.717) is 13.0 Å². The van der Waals surface area contributed by atoms with Crippen molar-refractivity contribution < 1.29 is 13.2 Å². The van der Waals surface area contributed by atoms with Gasteiger partial charge >= 0.3 is 0 Å². The molecular formula is C16H27NO3S. The number of hydrogen-bond acceptors (Lipinski definition) is 4. The first-order chi connectivity index (χ1) is 9.98. The Balaban J connectivity index is 2.81. The molecule has 21 heavy (non-hydrogen) atoms. The summed E-state index contributed by atoms with van der Waals surface area (Å²) in [5.41, 5.74) is 1.11. The molecule has 1 rings (SSSR count). The molecule has 0 aliphatic heterocycles. The van der Waals surface area contributed by atoms with Crippen LogP contribution in [0.1, 0.15) is 44.7 Å². The molecule has 0 saturated carbocycles. The zero-order valence-electron chi connectivity index (χ0n) is 13.3. The third-order valence-corrected chi connectivity index (χ3v) is 4.27. The maximum atomic E-state index is 11.3. The summed E-state index contributed by atoms with van der Waals surface area (Å²) in [4.78, 5) is 0. The molecule has 0 spiro atoms. The number of nitrogens with one attached hydrogen (secondary N) is 1. The van der Waals surface area contributed by atoms with Gasteiger partial charge < -0.3 is 10.1 Å². The zero-order valence-corrected chi connectivity index (χ0v) is 14.1. The Morgan fingerprint density at radius 3 is 2.57 bits per heavy atom. The lowest BCUT2D eigenvalue weighted by Gasteiger charge is -2.21. The largest absolute Gasteiger partial charge is 0.494 e. The summed E-state index contributed by atoms with van der Waals surface area (Å²) in [5.74, 6) is 1.11. The van der Waals surface area contributed by atoms with E-state index in [1.807, 2.05) is 25.1 Å². The van der Waals surface area contributed by atoms with Gasteiger partial charge in [-0.25, -0.2) is 8.42 Å². The number of ether oxygens (including phenoxy) is 1. The average Bonchev–Trinajstić information content (AvgIpc) is 2.42. The lowest BCUT2D eigenvalue weighted by atomic mass is 10.0. The Bertz CT molecular complexity index is 514. The fourth-order valence-corrected chi connectivity index (χ4v) is 2.98. The minimum absolute atomic E-state index is 0.134. The molecule has 0 aliphatic carbocycles. The molecule has 120 valence electrons. The van der Waals surface area contributed by atoms with Crippen LogP contribution in [0.3, 0.4) is 0 Å². The van der Waals surface area contributed by atoms with Gasteiger partial charge in [-0.3, -0.25) is 0 Å². The second-order valence-electron chi connectivity index (χ2n) is 5.25. The predicted octanol–water partition coefficient (Wildman–Crippen LogP) is 2.95. The second-order valence-corrected chi connectivity index (χ2v) is 7.51. The van der Waals surface area contributed by atoms with Gasteiger partial charge in [0.25, 0.3) is 0 Å². The van der Waals surface area contributed by atoms with E-state index in [1.165, 1.54) is 6.26 Å². The fourth-order valence-electron chi connectivity index (χ4n) is 2.29. The molecular weight excluding hydrogens is 286 g/mol. The fraction of sp³-hybridized carbons (Fsp3) is 0.625. The zero-order chi connectivity index (χ0) is 15.7. The molecule has 4 nitrogen and oxygen atoms in total. The molecule has 1 aromatic rings. The highest BCUT2D eigenvalue weighted by Gasteiger charge is 2.16. The summed E-state index contributed by atoms with van der Waals surface area (Å²) in [6.45, 7) is 5.62. The molecule has 1 unspecified atom stereocenters. The van der Waals surface area contributed by atoms with Crippen LogP contribution in [0, 0.1) is 0 Å². The van der Waals surface area contributed by atoms with Gasteiger partial charge in [0.1, 0.15) is 15.6 Å². The molecule has 0 saturated heterocycles. The highest BCUT2D eigenvalue weighted by Crippen LogP contribution is 2.28. The quantitative estimate of drug-likeness (QED) is 0.721. The van der Waals surface area contributed by atoms with Crippen LogP contribution < -0.4 is 10.1 Å². The molecule has 1 aromatic carbocycles. The maximum Gasteiger partial charge on any atom is 0.147 e. The van der Waals surface area contributed by atoms with Gasteiger partial charge in [0.15, 0.2) is 0 Å². The molecule has 0 heterocycles. The molecule has 0 fully saturated rings. The number of para-hydroxylation sites is 1. The van der Waals surface area contributed by atoms with Crippen molar-refractivity contribution in [1.29, 1.82) is 0 Å². The summed E-state index contributed by atoms with van der Waals surface area (Å²) in [6.07, 6.45) is 3.77. The Labute approximate surface area is 128 Å². The number of sulfone groups is 1. The van der Waals surface area contributed by atoms with Crippen LogP contribution >= 0.6 is 0 Å². The van der Waals surface area contributed by atoms with Gasteiger partial charge in [-0.1, -0.05) is 25.1 Å². The van der Waals surface area contributed by atoms with E-state index in [4.69, 9.17) is 4.74 Å². The third-order valence-electron chi connectivity index (χ3n) is 3.24. The SMILES string of the molecule is CCCNC(CCCS(C)(=O)=O)c1ccccc1OCC. The van der Waals surface area contributed by atoms with Gasteiger partial charge in [0.05, 0.1) is 6.61 Å². The van der Waals surface area contributed by atoms with E-state index in [0.717, 1.165) is 30.7 Å². The Morgan fingerprint density at radius 1 is 1.24 bits per heavy atom. The monoisotopic (exact) mass is 313 g/mol. The number of benzene rings is 1. The first-order valence-corrected chi connectivity index (χ1v) is 9.66. The summed E-state index contributed by atoms with van der Waals surface area (Å²) in [6, 6.07) is 8.11. The maximum absolute atomic E-state index is 11.3. The highest BCUT2D eigenvalue weighted by molar-refractivity contribution is 7.90. The molecule has 1 atom stereocenters. The van der Waals surface area contributed by atoms with Crippen molar-refractivity contribution in [3.8, 4) is 5.75 Å². The lowest BCUT2D eigenvalue weighted by Crippen LogP contribution is -2.23. The third kappa shape index (κ3) is 6.96. The normalized spacial score (nSPS) is 13.1. The van der Waals surface area contributed by atoms with Crippen LogP contribution in [-0.2, 0) is 9.84 Å². The number of rotatable bonds is 10. The van der Waals surface area contributed by atoms with Gasteiger partial charge in [-0.15, -0.1) is 0 Å². The van der Waals surface area contributed by atoms with Crippen LogP contribution in [0.4, 0.5) is 0 Å². The van der Waals surface area contributed by atoms with Gasteiger partial charge in [0, 0.05) is 23.6 Å². The summed E-state index contributed by atoms with van der Waals surface area (Å²) in [7, 11) is -2.90. The molecule has 1 N–H and O–H groups in total. The Morgan fingerprint density at radius 2 is 1.95 bits per heavy atom. The number of hydrogen-bond donors (Lipinski definition) is 1. The van der Waals surface area contributed by atoms with E-state index in [2.05, 4.69) is 18.3 Å². The van der Waals surface area contributed by atoms with Crippen molar-refractivity contribution in [1.82, 2.24) is 5.32 Å². The summed E-state index contributed by atoms with van der Waals surface area (Å²) in [5, 5.41) is 3.50. The van der Waals surface area contributed by atoms with Gasteiger partial charge in [-0.05, 0) is 38.8 Å². The van der Waals surface area contributed by atoms with E-state index >= 15 is 0 Å². The Kier molecular flexibility index (Phi) is 7.75. The lowest BCUT2D eigenvalue weighted by molar-refractivity contribution is 0.329. The van der Waals surface area contributed by atoms with Crippen LogP contribution in [0.25, 0.3) is 0 Å². The average molecular weight is 313 g/mol. The topological polar surface area (TPSA) is 55.4 Å². The molecule has 5 heteroatoms. The first kappa shape index (κ1) is 18.0. The molecule has 0 bridgehead atoms. The second kappa shape index (κ2) is 9.05. The van der Waals surface area contributed by atoms with Gasteiger partial charge in [-0.2, -0.15) is 0 Å². The van der Waals surface area contributed by atoms with Crippen LogP contribution in [0.15, 0.2) is 24.3 Å². The van der Waals surface area contributed by atoms with Crippen molar-refractivity contribution in [3.63, 3.8) is 0 Å². The smallest absolute Gasteiger partial charge is 0.147 e.